The quantitative estimate of drug-likeness (QED) is 0.762. The number of anilines is 1. The summed E-state index contributed by atoms with van der Waals surface area (Å²) in [7, 11) is 0.971. The molecule has 92 valence electrons. The maximum atomic E-state index is 11.1. The molecule has 1 aromatic heterocycles. The fraction of sp³-hybridized carbons (Fsp3) is 0.778. The van der Waals surface area contributed by atoms with Gasteiger partial charge in [-0.3, -0.25) is 4.21 Å². The lowest BCUT2D eigenvalue weighted by Gasteiger charge is -2.07. The molecule has 0 saturated heterocycles. The van der Waals surface area contributed by atoms with Gasteiger partial charge in [0.25, 0.3) is 0 Å². The van der Waals surface area contributed by atoms with Crippen molar-refractivity contribution in [2.45, 2.75) is 25.1 Å². The van der Waals surface area contributed by atoms with Crippen molar-refractivity contribution in [2.24, 2.45) is 0 Å². The molecular weight excluding hydrogens is 228 g/mol. The second kappa shape index (κ2) is 5.95. The molecule has 0 fully saturated rings. The van der Waals surface area contributed by atoms with E-state index in [-0.39, 0.29) is 11.3 Å². The number of nitrogens with zero attached hydrogens (tertiary/aromatic N) is 2. The van der Waals surface area contributed by atoms with Gasteiger partial charge in [0, 0.05) is 28.9 Å². The Hall–Kier alpha value is -0.950. The van der Waals surface area contributed by atoms with Crippen LogP contribution in [0.3, 0.4) is 0 Å². The summed E-state index contributed by atoms with van der Waals surface area (Å²) < 4.78 is 16.5. The molecule has 0 aliphatic rings. The predicted octanol–water partition coefficient (Wildman–Crippen LogP) is 0.529. The third-order valence-electron chi connectivity index (χ3n) is 2.35. The molecule has 3 atom stereocenters. The number of aromatic nitrogens is 2. The molecule has 1 heterocycles. The molecular formula is C9H18N4O2S. The second-order valence-electron chi connectivity index (χ2n) is 3.65. The average Bonchev–Trinajstić information content (AvgIpc) is 2.73. The van der Waals surface area contributed by atoms with Gasteiger partial charge in [-0.15, -0.1) is 5.10 Å². The topological polar surface area (TPSA) is 80.0 Å². The molecule has 1 aromatic rings. The van der Waals surface area contributed by atoms with E-state index in [2.05, 4.69) is 20.8 Å². The maximum Gasteiger partial charge on any atom is 0.315 e. The monoisotopic (exact) mass is 246 g/mol. The van der Waals surface area contributed by atoms with E-state index in [1.54, 1.807) is 6.26 Å². The molecule has 0 radical (unpaired) electrons. The molecule has 0 bridgehead atoms. The lowest BCUT2D eigenvalue weighted by molar-refractivity contribution is 0.441. The van der Waals surface area contributed by atoms with Crippen LogP contribution in [0.4, 0.5) is 6.01 Å². The van der Waals surface area contributed by atoms with Gasteiger partial charge in [0.05, 0.1) is 6.04 Å². The highest BCUT2D eigenvalue weighted by atomic mass is 32.2. The van der Waals surface area contributed by atoms with E-state index in [9.17, 15) is 4.21 Å². The molecule has 1 rings (SSSR count). The maximum absolute atomic E-state index is 11.1. The summed E-state index contributed by atoms with van der Waals surface area (Å²) in [6.07, 6.45) is 1.68. The van der Waals surface area contributed by atoms with Crippen LogP contribution < -0.4 is 10.6 Å². The van der Waals surface area contributed by atoms with Crippen molar-refractivity contribution in [3.63, 3.8) is 0 Å². The van der Waals surface area contributed by atoms with Gasteiger partial charge < -0.3 is 15.1 Å². The highest BCUT2D eigenvalue weighted by molar-refractivity contribution is 7.84. The number of nitrogens with one attached hydrogen (secondary N) is 2. The van der Waals surface area contributed by atoms with Crippen molar-refractivity contribution < 1.29 is 8.63 Å². The van der Waals surface area contributed by atoms with Gasteiger partial charge in [-0.2, -0.15) is 0 Å². The fourth-order valence-electron chi connectivity index (χ4n) is 0.953. The van der Waals surface area contributed by atoms with E-state index in [1.807, 2.05) is 20.9 Å². The van der Waals surface area contributed by atoms with Crippen LogP contribution >= 0.6 is 0 Å². The Morgan fingerprint density at radius 2 is 2.12 bits per heavy atom. The Morgan fingerprint density at radius 3 is 2.69 bits per heavy atom. The van der Waals surface area contributed by atoms with Crippen molar-refractivity contribution in [2.75, 3.05) is 25.2 Å². The summed E-state index contributed by atoms with van der Waals surface area (Å²) in [4.78, 5) is 0. The van der Waals surface area contributed by atoms with Crippen molar-refractivity contribution in [3.8, 4) is 0 Å². The summed E-state index contributed by atoms with van der Waals surface area (Å²) in [6.45, 7) is 4.39. The first-order valence-electron chi connectivity index (χ1n) is 5.11. The van der Waals surface area contributed by atoms with Crippen LogP contribution in [0.5, 0.6) is 0 Å². The molecule has 0 aromatic carbocycles. The highest BCUT2D eigenvalue weighted by Gasteiger charge is 2.13. The van der Waals surface area contributed by atoms with Gasteiger partial charge in [-0.25, -0.2) is 0 Å². The minimum atomic E-state index is -0.852. The molecule has 7 heteroatoms. The summed E-state index contributed by atoms with van der Waals surface area (Å²) >= 11 is 0. The first-order valence-corrected chi connectivity index (χ1v) is 6.73. The molecule has 0 saturated carbocycles. The van der Waals surface area contributed by atoms with Crippen LogP contribution in [0.2, 0.25) is 0 Å². The van der Waals surface area contributed by atoms with Crippen molar-refractivity contribution in [1.82, 2.24) is 15.5 Å². The van der Waals surface area contributed by atoms with Crippen LogP contribution in [-0.2, 0) is 10.8 Å². The minimum Gasteiger partial charge on any atom is -0.406 e. The predicted molar refractivity (Wildman–Crippen MR) is 63.8 cm³/mol. The Balaban J connectivity index is 2.49. The molecule has 3 unspecified atom stereocenters. The smallest absolute Gasteiger partial charge is 0.315 e. The van der Waals surface area contributed by atoms with E-state index < -0.39 is 10.8 Å². The first kappa shape index (κ1) is 13.1. The third-order valence-corrected chi connectivity index (χ3v) is 3.65. The van der Waals surface area contributed by atoms with Gasteiger partial charge in [0.1, 0.15) is 0 Å². The van der Waals surface area contributed by atoms with Gasteiger partial charge in [0.2, 0.25) is 5.89 Å². The van der Waals surface area contributed by atoms with Gasteiger partial charge >= 0.3 is 6.01 Å². The molecule has 2 N–H and O–H groups in total. The van der Waals surface area contributed by atoms with Crippen molar-refractivity contribution in [1.29, 1.82) is 0 Å². The Bertz CT molecular complexity index is 355. The Labute approximate surface area is 97.7 Å². The van der Waals surface area contributed by atoms with Crippen LogP contribution in [-0.4, -0.2) is 39.5 Å². The molecule has 0 amide bonds. The lowest BCUT2D eigenvalue weighted by Crippen LogP contribution is -2.20. The van der Waals surface area contributed by atoms with E-state index in [0.717, 1.165) is 0 Å². The summed E-state index contributed by atoms with van der Waals surface area (Å²) in [5.41, 5.74) is 0. The third kappa shape index (κ3) is 3.57. The molecule has 16 heavy (non-hydrogen) atoms. The highest BCUT2D eigenvalue weighted by Crippen LogP contribution is 2.12. The number of hydrogen-bond donors (Lipinski definition) is 2. The van der Waals surface area contributed by atoms with Crippen LogP contribution in [0.25, 0.3) is 0 Å². The Kier molecular flexibility index (Phi) is 4.88. The zero-order chi connectivity index (χ0) is 12.1. The SMILES string of the molecule is CNC(C)c1nnc(NCC(C)S(C)=O)o1. The standard InChI is InChI=1S/C9H18N4O2S/c1-6(16(4)14)5-11-9-13-12-8(15-9)7(2)10-3/h6-7,10H,5H2,1-4H3,(H,11,13). The number of rotatable bonds is 6. The van der Waals surface area contributed by atoms with Gasteiger partial charge in [-0.05, 0) is 20.9 Å². The van der Waals surface area contributed by atoms with E-state index >= 15 is 0 Å². The first-order chi connectivity index (χ1) is 7.54. The van der Waals surface area contributed by atoms with Gasteiger partial charge in [-0.1, -0.05) is 5.10 Å². The largest absolute Gasteiger partial charge is 0.406 e. The van der Waals surface area contributed by atoms with E-state index in [0.29, 0.717) is 18.5 Å². The molecule has 6 nitrogen and oxygen atoms in total. The van der Waals surface area contributed by atoms with Crippen LogP contribution in [0.1, 0.15) is 25.8 Å². The normalized spacial score (nSPS) is 16.8. The lowest BCUT2D eigenvalue weighted by atomic mass is 10.3. The second-order valence-corrected chi connectivity index (χ2v) is 5.45. The van der Waals surface area contributed by atoms with Crippen molar-refractivity contribution in [3.05, 3.63) is 5.89 Å². The van der Waals surface area contributed by atoms with E-state index in [1.165, 1.54) is 0 Å². The van der Waals surface area contributed by atoms with E-state index in [4.69, 9.17) is 4.42 Å². The van der Waals surface area contributed by atoms with Crippen molar-refractivity contribution >= 4 is 16.8 Å². The van der Waals surface area contributed by atoms with Gasteiger partial charge in [0.15, 0.2) is 0 Å². The minimum absolute atomic E-state index is 0.0285. The molecule has 0 aliphatic carbocycles. The zero-order valence-electron chi connectivity index (χ0n) is 9.98. The summed E-state index contributed by atoms with van der Waals surface area (Å²) in [5.74, 6) is 0.537. The van der Waals surface area contributed by atoms with Crippen LogP contribution in [0.15, 0.2) is 4.42 Å². The summed E-state index contributed by atoms with van der Waals surface area (Å²) in [5, 5.41) is 13.8. The molecule has 0 spiro atoms. The zero-order valence-corrected chi connectivity index (χ0v) is 10.8. The summed E-state index contributed by atoms with van der Waals surface area (Å²) in [6, 6.07) is 0.398. The molecule has 0 aliphatic heterocycles. The number of hydrogen-bond acceptors (Lipinski definition) is 6. The average molecular weight is 246 g/mol. The Morgan fingerprint density at radius 1 is 1.44 bits per heavy atom. The fourth-order valence-corrected chi connectivity index (χ4v) is 1.27. The van der Waals surface area contributed by atoms with Crippen LogP contribution in [0, 0.1) is 0 Å².